The van der Waals surface area contributed by atoms with Crippen LogP contribution in [0.3, 0.4) is 0 Å². The molecule has 7 nitrogen and oxygen atoms in total. The maximum atomic E-state index is 12.2. The Labute approximate surface area is 168 Å². The summed E-state index contributed by atoms with van der Waals surface area (Å²) in [5.41, 5.74) is 1.22. The number of nitrogens with one attached hydrogen (secondary N) is 1. The van der Waals surface area contributed by atoms with E-state index in [1.54, 1.807) is 0 Å². The molecule has 0 saturated carbocycles. The minimum absolute atomic E-state index is 0. The lowest BCUT2D eigenvalue weighted by Gasteiger charge is -2.25. The zero-order valence-electron chi connectivity index (χ0n) is 16.2. The van der Waals surface area contributed by atoms with Gasteiger partial charge in [0.2, 0.25) is 5.91 Å². The number of carbonyl (C=O) groups excluding carboxylic acids is 1. The van der Waals surface area contributed by atoms with Crippen molar-refractivity contribution in [2.75, 3.05) is 39.8 Å². The predicted octanol–water partition coefficient (Wildman–Crippen LogP) is 1.74. The van der Waals surface area contributed by atoms with Crippen molar-refractivity contribution in [1.29, 1.82) is 0 Å². The number of guanidine groups is 1. The summed E-state index contributed by atoms with van der Waals surface area (Å²) in [6.45, 7) is 9.36. The normalized spacial score (nSPS) is 11.0. The molecule has 0 aromatic carbocycles. The Bertz CT molecular complexity index is 527. The van der Waals surface area contributed by atoms with Crippen LogP contribution in [-0.4, -0.2) is 71.2 Å². The van der Waals surface area contributed by atoms with Crippen molar-refractivity contribution in [2.45, 2.75) is 33.6 Å². The second kappa shape index (κ2) is 13.0. The van der Waals surface area contributed by atoms with Crippen molar-refractivity contribution < 1.29 is 4.79 Å². The molecule has 25 heavy (non-hydrogen) atoms. The first kappa shape index (κ1) is 23.7. The van der Waals surface area contributed by atoms with Gasteiger partial charge in [-0.25, -0.2) is 0 Å². The average Bonchev–Trinajstić information content (AvgIpc) is 2.96. The highest BCUT2D eigenvalue weighted by Gasteiger charge is 2.14. The summed E-state index contributed by atoms with van der Waals surface area (Å²) in [6.07, 6.45) is 5.84. The Morgan fingerprint density at radius 1 is 1.32 bits per heavy atom. The maximum Gasteiger partial charge on any atom is 0.242 e. The summed E-state index contributed by atoms with van der Waals surface area (Å²) >= 11 is 0. The van der Waals surface area contributed by atoms with Gasteiger partial charge in [-0.05, 0) is 39.2 Å². The highest BCUT2D eigenvalue weighted by atomic mass is 127. The van der Waals surface area contributed by atoms with Crippen molar-refractivity contribution in [2.24, 2.45) is 12.0 Å². The summed E-state index contributed by atoms with van der Waals surface area (Å²) < 4.78 is 1.81. The van der Waals surface area contributed by atoms with Gasteiger partial charge >= 0.3 is 0 Å². The molecule has 0 saturated heterocycles. The minimum atomic E-state index is 0. The van der Waals surface area contributed by atoms with Gasteiger partial charge in [0.05, 0.1) is 12.7 Å². The van der Waals surface area contributed by atoms with Gasteiger partial charge in [-0.3, -0.25) is 14.5 Å². The monoisotopic (exact) mass is 464 g/mol. The van der Waals surface area contributed by atoms with Crippen molar-refractivity contribution in [3.8, 4) is 0 Å². The van der Waals surface area contributed by atoms with Crippen LogP contribution in [0.2, 0.25) is 0 Å². The molecule has 1 aromatic rings. The van der Waals surface area contributed by atoms with Crippen LogP contribution in [0.1, 0.15) is 32.8 Å². The largest absolute Gasteiger partial charge is 0.357 e. The number of nitrogens with zero attached hydrogens (tertiary/aromatic N) is 5. The molecule has 0 atom stereocenters. The van der Waals surface area contributed by atoms with E-state index < -0.39 is 0 Å². The SMILES string of the molecule is CCNC(=NCCCc1cnn(C)c1)N(C)CC(=O)N(CC)CC.I. The average molecular weight is 464 g/mol. The second-order valence-corrected chi connectivity index (χ2v) is 5.78. The van der Waals surface area contributed by atoms with Crippen LogP contribution in [0, 0.1) is 0 Å². The number of aliphatic imine (C=N–C) groups is 1. The van der Waals surface area contributed by atoms with Crippen molar-refractivity contribution >= 4 is 35.8 Å². The van der Waals surface area contributed by atoms with Crippen molar-refractivity contribution in [3.05, 3.63) is 18.0 Å². The smallest absolute Gasteiger partial charge is 0.242 e. The van der Waals surface area contributed by atoms with Crippen LogP contribution < -0.4 is 5.32 Å². The molecule has 0 aliphatic carbocycles. The Balaban J connectivity index is 0.00000576. The Kier molecular flexibility index (Phi) is 12.3. The van der Waals surface area contributed by atoms with Gasteiger partial charge in [0.1, 0.15) is 0 Å². The molecule has 0 aliphatic heterocycles. The molecule has 0 aliphatic rings. The fourth-order valence-electron chi connectivity index (χ4n) is 2.49. The molecule has 1 aromatic heterocycles. The van der Waals surface area contributed by atoms with Gasteiger partial charge in [-0.15, -0.1) is 24.0 Å². The summed E-state index contributed by atoms with van der Waals surface area (Å²) in [5, 5.41) is 7.43. The van der Waals surface area contributed by atoms with Gasteiger partial charge < -0.3 is 15.1 Å². The van der Waals surface area contributed by atoms with Crippen LogP contribution in [0.4, 0.5) is 0 Å². The van der Waals surface area contributed by atoms with Crippen LogP contribution in [0.15, 0.2) is 17.4 Å². The third-order valence-electron chi connectivity index (χ3n) is 3.83. The topological polar surface area (TPSA) is 65.8 Å². The Morgan fingerprint density at radius 2 is 2.00 bits per heavy atom. The summed E-state index contributed by atoms with van der Waals surface area (Å²) in [6, 6.07) is 0. The van der Waals surface area contributed by atoms with Crippen molar-refractivity contribution in [1.82, 2.24) is 24.9 Å². The summed E-state index contributed by atoms with van der Waals surface area (Å²) in [7, 11) is 3.83. The van der Waals surface area contributed by atoms with Gasteiger partial charge in [-0.2, -0.15) is 5.10 Å². The fourth-order valence-corrected chi connectivity index (χ4v) is 2.49. The lowest BCUT2D eigenvalue weighted by molar-refractivity contribution is -0.131. The van der Waals surface area contributed by atoms with E-state index in [9.17, 15) is 4.79 Å². The van der Waals surface area contributed by atoms with Crippen LogP contribution in [0.25, 0.3) is 0 Å². The van der Waals surface area contributed by atoms with Gasteiger partial charge in [0.25, 0.3) is 0 Å². The molecule has 1 N–H and O–H groups in total. The van der Waals surface area contributed by atoms with Gasteiger partial charge in [0, 0.05) is 46.5 Å². The number of aromatic nitrogens is 2. The number of rotatable bonds is 9. The first-order valence-corrected chi connectivity index (χ1v) is 8.76. The van der Waals surface area contributed by atoms with Gasteiger partial charge in [0.15, 0.2) is 5.96 Å². The zero-order chi connectivity index (χ0) is 17.9. The van der Waals surface area contributed by atoms with E-state index >= 15 is 0 Å². The molecular formula is C17H33IN6O. The molecule has 1 heterocycles. The molecular weight excluding hydrogens is 431 g/mol. The van der Waals surface area contributed by atoms with E-state index in [2.05, 4.69) is 15.4 Å². The van der Waals surface area contributed by atoms with Gasteiger partial charge in [-0.1, -0.05) is 0 Å². The lowest BCUT2D eigenvalue weighted by Crippen LogP contribution is -2.45. The molecule has 1 amide bonds. The Hall–Kier alpha value is -1.32. The zero-order valence-corrected chi connectivity index (χ0v) is 18.5. The van der Waals surface area contributed by atoms with Crippen LogP contribution >= 0.6 is 24.0 Å². The lowest BCUT2D eigenvalue weighted by atomic mass is 10.2. The summed E-state index contributed by atoms with van der Waals surface area (Å²) in [4.78, 5) is 20.6. The molecule has 8 heteroatoms. The number of aryl methyl sites for hydroxylation is 2. The molecule has 0 spiro atoms. The van der Waals surface area contributed by atoms with E-state index in [4.69, 9.17) is 0 Å². The highest BCUT2D eigenvalue weighted by molar-refractivity contribution is 14.0. The second-order valence-electron chi connectivity index (χ2n) is 5.78. The summed E-state index contributed by atoms with van der Waals surface area (Å²) in [5.74, 6) is 0.910. The van der Waals surface area contributed by atoms with Crippen LogP contribution in [0.5, 0.6) is 0 Å². The molecule has 0 fully saturated rings. The number of carbonyl (C=O) groups is 1. The van der Waals surface area contributed by atoms with E-state index in [1.807, 2.05) is 61.7 Å². The minimum Gasteiger partial charge on any atom is -0.357 e. The molecule has 1 rings (SSSR count). The number of amides is 1. The quantitative estimate of drug-likeness (QED) is 0.262. The molecule has 0 unspecified atom stereocenters. The third kappa shape index (κ3) is 8.55. The molecule has 0 bridgehead atoms. The molecule has 144 valence electrons. The maximum absolute atomic E-state index is 12.2. The molecule has 0 radical (unpaired) electrons. The van der Waals surface area contributed by atoms with E-state index in [1.165, 1.54) is 5.56 Å². The third-order valence-corrected chi connectivity index (χ3v) is 3.83. The number of hydrogen-bond acceptors (Lipinski definition) is 3. The number of hydrogen-bond donors (Lipinski definition) is 1. The first-order chi connectivity index (χ1) is 11.5. The number of halogens is 1. The standard InChI is InChI=1S/C17H32N6O.HI/c1-6-18-17(21(4)14-16(24)23(7-2)8-3)19-11-9-10-15-12-20-22(5)13-15;/h12-13H,6-11,14H2,1-5H3,(H,18,19);1H. The van der Waals surface area contributed by atoms with Crippen molar-refractivity contribution in [3.63, 3.8) is 0 Å². The van der Waals surface area contributed by atoms with E-state index in [0.29, 0.717) is 6.54 Å². The predicted molar refractivity (Wildman–Crippen MR) is 113 cm³/mol. The highest BCUT2D eigenvalue weighted by Crippen LogP contribution is 2.01. The van der Waals surface area contributed by atoms with E-state index in [-0.39, 0.29) is 29.9 Å². The van der Waals surface area contributed by atoms with E-state index in [0.717, 1.165) is 45.0 Å². The fraction of sp³-hybridized carbons (Fsp3) is 0.706. The Morgan fingerprint density at radius 3 is 2.52 bits per heavy atom. The first-order valence-electron chi connectivity index (χ1n) is 8.76. The van der Waals surface area contributed by atoms with Crippen LogP contribution in [-0.2, 0) is 18.3 Å². The number of likely N-dealkylation sites (N-methyl/N-ethyl adjacent to an activating group) is 2.